The lowest BCUT2D eigenvalue weighted by Gasteiger charge is -2.28. The molecule has 114 valence electrons. The number of hydrogen-bond acceptors (Lipinski definition) is 7. The molecule has 0 spiro atoms. The minimum atomic E-state index is -2.18. The quantitative estimate of drug-likeness (QED) is 0.570. The van der Waals surface area contributed by atoms with Gasteiger partial charge in [-0.25, -0.2) is 9.37 Å². The first-order valence-electron chi connectivity index (χ1n) is 6.33. The molecular formula is C12H15FN4O4. The van der Waals surface area contributed by atoms with Crippen molar-refractivity contribution >= 4 is 17.0 Å². The SMILES string of the molecule is Nc1ncc2ccn([C@@H]3O[C@H](CO)[C@@H](O)[C@]3(O)CF)c2n1. The molecule has 9 heteroatoms. The molecule has 4 atom stereocenters. The van der Waals surface area contributed by atoms with Crippen molar-refractivity contribution in [1.29, 1.82) is 0 Å². The summed E-state index contributed by atoms with van der Waals surface area (Å²) in [6.07, 6.45) is -0.878. The summed E-state index contributed by atoms with van der Waals surface area (Å²) >= 11 is 0. The van der Waals surface area contributed by atoms with Gasteiger partial charge in [0, 0.05) is 17.8 Å². The maximum Gasteiger partial charge on any atom is 0.221 e. The highest BCUT2D eigenvalue weighted by Crippen LogP contribution is 2.40. The second-order valence-corrected chi connectivity index (χ2v) is 5.01. The second kappa shape index (κ2) is 4.88. The van der Waals surface area contributed by atoms with Crippen LogP contribution in [0.4, 0.5) is 10.3 Å². The van der Waals surface area contributed by atoms with E-state index >= 15 is 0 Å². The van der Waals surface area contributed by atoms with Crippen LogP contribution in [0.1, 0.15) is 6.23 Å². The van der Waals surface area contributed by atoms with Gasteiger partial charge in [-0.3, -0.25) is 0 Å². The number of nitrogen functional groups attached to an aromatic ring is 1. The molecular weight excluding hydrogens is 283 g/mol. The number of anilines is 1. The highest BCUT2D eigenvalue weighted by molar-refractivity contribution is 5.76. The maximum absolute atomic E-state index is 13.3. The summed E-state index contributed by atoms with van der Waals surface area (Å²) in [4.78, 5) is 7.86. The van der Waals surface area contributed by atoms with Gasteiger partial charge in [0.15, 0.2) is 11.8 Å². The zero-order valence-corrected chi connectivity index (χ0v) is 10.9. The van der Waals surface area contributed by atoms with E-state index in [-0.39, 0.29) is 5.95 Å². The number of fused-ring (bicyclic) bond motifs is 1. The molecule has 1 fully saturated rings. The van der Waals surface area contributed by atoms with Gasteiger partial charge in [-0.2, -0.15) is 4.98 Å². The van der Waals surface area contributed by atoms with Crippen LogP contribution in [0.3, 0.4) is 0 Å². The molecule has 2 aromatic heterocycles. The Morgan fingerprint density at radius 2 is 2.29 bits per heavy atom. The molecule has 0 amide bonds. The Balaban J connectivity index is 2.10. The zero-order valence-electron chi connectivity index (χ0n) is 10.9. The van der Waals surface area contributed by atoms with Gasteiger partial charge < -0.3 is 30.4 Å². The van der Waals surface area contributed by atoms with Crippen molar-refractivity contribution in [2.45, 2.75) is 24.0 Å². The summed E-state index contributed by atoms with van der Waals surface area (Å²) < 4.78 is 20.1. The number of aliphatic hydroxyl groups excluding tert-OH is 2. The van der Waals surface area contributed by atoms with Crippen LogP contribution in [0.25, 0.3) is 11.0 Å². The van der Waals surface area contributed by atoms with E-state index in [4.69, 9.17) is 15.6 Å². The largest absolute Gasteiger partial charge is 0.394 e. The van der Waals surface area contributed by atoms with E-state index in [9.17, 15) is 14.6 Å². The van der Waals surface area contributed by atoms with Gasteiger partial charge in [0.05, 0.1) is 6.61 Å². The summed E-state index contributed by atoms with van der Waals surface area (Å²) in [5.74, 6) is 0.0171. The average molecular weight is 298 g/mol. The topological polar surface area (TPSA) is 127 Å². The maximum atomic E-state index is 13.3. The van der Waals surface area contributed by atoms with Crippen molar-refractivity contribution in [2.24, 2.45) is 0 Å². The molecule has 1 aliphatic heterocycles. The van der Waals surface area contributed by atoms with Gasteiger partial charge in [-0.15, -0.1) is 0 Å². The Hall–Kier alpha value is -1.81. The Morgan fingerprint density at radius 3 is 2.95 bits per heavy atom. The van der Waals surface area contributed by atoms with Crippen molar-refractivity contribution in [2.75, 3.05) is 19.0 Å². The Labute approximate surface area is 118 Å². The van der Waals surface area contributed by atoms with E-state index in [1.54, 1.807) is 6.07 Å². The summed E-state index contributed by atoms with van der Waals surface area (Å²) in [5.41, 5.74) is 3.69. The summed E-state index contributed by atoms with van der Waals surface area (Å²) in [6.45, 7) is -1.79. The molecule has 3 rings (SSSR count). The Morgan fingerprint density at radius 1 is 1.52 bits per heavy atom. The molecule has 0 aliphatic carbocycles. The molecule has 0 unspecified atom stereocenters. The molecule has 2 aromatic rings. The monoisotopic (exact) mass is 298 g/mol. The lowest BCUT2D eigenvalue weighted by atomic mass is 9.95. The molecule has 3 heterocycles. The van der Waals surface area contributed by atoms with E-state index in [1.807, 2.05) is 0 Å². The fourth-order valence-electron chi connectivity index (χ4n) is 2.56. The van der Waals surface area contributed by atoms with Gasteiger partial charge in [0.2, 0.25) is 5.95 Å². The van der Waals surface area contributed by atoms with E-state index < -0.39 is 37.3 Å². The minimum Gasteiger partial charge on any atom is -0.394 e. The normalized spacial score (nSPS) is 32.9. The van der Waals surface area contributed by atoms with Crippen LogP contribution in [0.5, 0.6) is 0 Å². The number of aromatic nitrogens is 3. The van der Waals surface area contributed by atoms with Crippen LogP contribution in [-0.4, -0.2) is 60.9 Å². The fourth-order valence-corrected chi connectivity index (χ4v) is 2.56. The molecule has 0 aromatic carbocycles. The van der Waals surface area contributed by atoms with Gasteiger partial charge in [-0.05, 0) is 6.07 Å². The first-order valence-corrected chi connectivity index (χ1v) is 6.33. The molecule has 1 saturated heterocycles. The van der Waals surface area contributed by atoms with Crippen molar-refractivity contribution in [1.82, 2.24) is 14.5 Å². The molecule has 8 nitrogen and oxygen atoms in total. The third-order valence-corrected chi connectivity index (χ3v) is 3.72. The lowest BCUT2D eigenvalue weighted by molar-refractivity contribution is -0.118. The van der Waals surface area contributed by atoms with Gasteiger partial charge in [0.25, 0.3) is 0 Å². The van der Waals surface area contributed by atoms with Crippen LogP contribution in [0.15, 0.2) is 18.5 Å². The Bertz CT molecular complexity index is 666. The number of hydrogen-bond donors (Lipinski definition) is 4. The lowest BCUT2D eigenvalue weighted by Crippen LogP contribution is -2.48. The van der Waals surface area contributed by atoms with Crippen LogP contribution >= 0.6 is 0 Å². The number of alkyl halides is 1. The van der Waals surface area contributed by atoms with Gasteiger partial charge in [0.1, 0.15) is 24.5 Å². The fraction of sp³-hybridized carbons (Fsp3) is 0.500. The minimum absolute atomic E-state index is 0.0171. The predicted octanol–water partition coefficient (Wildman–Crippen LogP) is -1.04. The number of rotatable bonds is 3. The average Bonchev–Trinajstić information content (AvgIpc) is 2.99. The van der Waals surface area contributed by atoms with Crippen LogP contribution in [0.2, 0.25) is 0 Å². The molecule has 5 N–H and O–H groups in total. The van der Waals surface area contributed by atoms with Crippen LogP contribution in [-0.2, 0) is 4.74 Å². The number of nitrogens with two attached hydrogens (primary N) is 1. The van der Waals surface area contributed by atoms with E-state index in [2.05, 4.69) is 9.97 Å². The van der Waals surface area contributed by atoms with Crippen LogP contribution < -0.4 is 5.73 Å². The highest BCUT2D eigenvalue weighted by atomic mass is 19.1. The van der Waals surface area contributed by atoms with Crippen molar-refractivity contribution < 1.29 is 24.4 Å². The second-order valence-electron chi connectivity index (χ2n) is 5.01. The van der Waals surface area contributed by atoms with E-state index in [0.717, 1.165) is 0 Å². The zero-order chi connectivity index (χ0) is 15.2. The van der Waals surface area contributed by atoms with E-state index in [0.29, 0.717) is 11.0 Å². The predicted molar refractivity (Wildman–Crippen MR) is 69.9 cm³/mol. The molecule has 0 saturated carbocycles. The summed E-state index contributed by atoms with van der Waals surface area (Å²) in [6, 6.07) is 1.65. The number of ether oxygens (including phenoxy) is 1. The Kier molecular flexibility index (Phi) is 3.29. The molecule has 21 heavy (non-hydrogen) atoms. The first kappa shape index (κ1) is 14.1. The van der Waals surface area contributed by atoms with Crippen molar-refractivity contribution in [3.63, 3.8) is 0 Å². The van der Waals surface area contributed by atoms with E-state index in [1.165, 1.54) is 17.0 Å². The summed E-state index contributed by atoms with van der Waals surface area (Å²) in [5, 5.41) is 30.1. The van der Waals surface area contributed by atoms with Gasteiger partial charge in [-0.1, -0.05) is 0 Å². The third kappa shape index (κ3) is 1.97. The summed E-state index contributed by atoms with van der Waals surface area (Å²) in [7, 11) is 0. The van der Waals surface area contributed by atoms with Crippen LogP contribution in [0, 0.1) is 0 Å². The standard InChI is InChI=1S/C12H15FN4O4/c13-5-12(20)8(19)7(4-18)21-10(12)17-2-1-6-3-15-11(14)16-9(6)17/h1-3,7-8,10,18-20H,4-5H2,(H2,14,15,16)/t7-,8-,10-,12-/m1/s1. The van der Waals surface area contributed by atoms with Crippen molar-refractivity contribution in [3.8, 4) is 0 Å². The molecule has 0 bridgehead atoms. The molecule has 0 radical (unpaired) electrons. The number of nitrogens with zero attached hydrogens (tertiary/aromatic N) is 3. The van der Waals surface area contributed by atoms with Crippen molar-refractivity contribution in [3.05, 3.63) is 18.5 Å². The third-order valence-electron chi connectivity index (χ3n) is 3.72. The molecule has 1 aliphatic rings. The van der Waals surface area contributed by atoms with Gasteiger partial charge >= 0.3 is 0 Å². The highest BCUT2D eigenvalue weighted by Gasteiger charge is 2.56. The number of aliphatic hydroxyl groups is 3. The smallest absolute Gasteiger partial charge is 0.221 e. The number of halogens is 1. The first-order chi connectivity index (χ1) is 10.0.